The average molecular weight is 390 g/mol. The van der Waals surface area contributed by atoms with Gasteiger partial charge in [0, 0.05) is 13.0 Å². The molecule has 0 aliphatic carbocycles. The van der Waals surface area contributed by atoms with Crippen molar-refractivity contribution < 1.29 is 28.7 Å². The van der Waals surface area contributed by atoms with Gasteiger partial charge in [-0.05, 0) is 31.0 Å². The fraction of sp³-hybridized carbons (Fsp3) is 0.444. The number of urea groups is 2. The van der Waals surface area contributed by atoms with E-state index in [1.54, 1.807) is 25.1 Å². The number of hydrogen-bond donors (Lipinski definition) is 3. The molecule has 1 saturated heterocycles. The van der Waals surface area contributed by atoms with Gasteiger partial charge in [0.2, 0.25) is 12.7 Å². The molecule has 150 valence electrons. The van der Waals surface area contributed by atoms with E-state index in [1.165, 1.54) is 0 Å². The quantitative estimate of drug-likeness (QED) is 0.608. The van der Waals surface area contributed by atoms with E-state index in [9.17, 15) is 19.2 Å². The van der Waals surface area contributed by atoms with Crippen LogP contribution in [0.15, 0.2) is 18.2 Å². The number of nitrogens with zero attached hydrogens (tertiary/aromatic N) is 1. The van der Waals surface area contributed by atoms with Crippen molar-refractivity contribution in [2.24, 2.45) is 0 Å². The monoisotopic (exact) mass is 390 g/mol. The SMILES string of the molecule is CCCNC(=O)NC(=O)CN1C(=O)N[C@](C)(Cc2ccc3c(c2)OCO3)C1=O. The lowest BCUT2D eigenvalue weighted by Crippen LogP contribution is -2.48. The molecule has 1 aromatic carbocycles. The van der Waals surface area contributed by atoms with Gasteiger partial charge in [-0.2, -0.15) is 0 Å². The lowest BCUT2D eigenvalue weighted by Gasteiger charge is -2.21. The molecule has 2 aliphatic heterocycles. The van der Waals surface area contributed by atoms with Crippen molar-refractivity contribution in [1.82, 2.24) is 20.9 Å². The Morgan fingerprint density at radius 2 is 2.00 bits per heavy atom. The van der Waals surface area contributed by atoms with Crippen molar-refractivity contribution in [3.8, 4) is 11.5 Å². The fourth-order valence-electron chi connectivity index (χ4n) is 3.06. The highest BCUT2D eigenvalue weighted by molar-refractivity contribution is 6.09. The number of carbonyl (C=O) groups excluding carboxylic acids is 4. The topological polar surface area (TPSA) is 126 Å². The lowest BCUT2D eigenvalue weighted by atomic mass is 9.92. The maximum Gasteiger partial charge on any atom is 0.325 e. The second kappa shape index (κ2) is 7.75. The summed E-state index contributed by atoms with van der Waals surface area (Å²) >= 11 is 0. The van der Waals surface area contributed by atoms with Crippen LogP contribution in [0.3, 0.4) is 0 Å². The molecule has 3 rings (SSSR count). The number of carbonyl (C=O) groups is 4. The molecule has 0 saturated carbocycles. The molecule has 10 nitrogen and oxygen atoms in total. The Hall–Kier alpha value is -3.30. The van der Waals surface area contributed by atoms with Crippen LogP contribution < -0.4 is 25.4 Å². The van der Waals surface area contributed by atoms with Crippen molar-refractivity contribution in [3.05, 3.63) is 23.8 Å². The van der Waals surface area contributed by atoms with Crippen LogP contribution in [0.4, 0.5) is 9.59 Å². The number of rotatable bonds is 6. The highest BCUT2D eigenvalue weighted by atomic mass is 16.7. The minimum Gasteiger partial charge on any atom is -0.454 e. The Balaban J connectivity index is 1.63. The van der Waals surface area contributed by atoms with E-state index < -0.39 is 36.0 Å². The smallest absolute Gasteiger partial charge is 0.325 e. The molecule has 0 aromatic heterocycles. The highest BCUT2D eigenvalue weighted by Crippen LogP contribution is 2.34. The zero-order valence-electron chi connectivity index (χ0n) is 15.7. The number of ether oxygens (including phenoxy) is 2. The molecule has 3 N–H and O–H groups in total. The van der Waals surface area contributed by atoms with Crippen molar-refractivity contribution in [3.63, 3.8) is 0 Å². The number of hydrogen-bond acceptors (Lipinski definition) is 6. The van der Waals surface area contributed by atoms with Gasteiger partial charge in [0.25, 0.3) is 5.91 Å². The Bertz CT molecular complexity index is 826. The second-order valence-electron chi connectivity index (χ2n) is 6.82. The Morgan fingerprint density at radius 3 is 2.75 bits per heavy atom. The summed E-state index contributed by atoms with van der Waals surface area (Å²) in [6.45, 7) is 3.47. The van der Waals surface area contributed by atoms with Crippen LogP contribution in [0.2, 0.25) is 0 Å². The lowest BCUT2D eigenvalue weighted by molar-refractivity contribution is -0.134. The van der Waals surface area contributed by atoms with Crippen LogP contribution in [0, 0.1) is 0 Å². The summed E-state index contributed by atoms with van der Waals surface area (Å²) in [5, 5.41) is 7.20. The molecule has 0 bridgehead atoms. The molecule has 28 heavy (non-hydrogen) atoms. The first kappa shape index (κ1) is 19.5. The molecular formula is C18H22N4O6. The maximum absolute atomic E-state index is 12.8. The number of amides is 6. The first-order valence-electron chi connectivity index (χ1n) is 8.92. The second-order valence-corrected chi connectivity index (χ2v) is 6.82. The maximum atomic E-state index is 12.8. The predicted octanol–water partition coefficient (Wildman–Crippen LogP) is 0.504. The molecule has 1 atom stereocenters. The molecule has 10 heteroatoms. The first-order valence-corrected chi connectivity index (χ1v) is 8.92. The number of benzene rings is 1. The number of nitrogens with one attached hydrogen (secondary N) is 3. The van der Waals surface area contributed by atoms with Crippen molar-refractivity contribution in [2.45, 2.75) is 32.2 Å². The minimum absolute atomic E-state index is 0.139. The summed E-state index contributed by atoms with van der Waals surface area (Å²) in [5.74, 6) is -0.0914. The van der Waals surface area contributed by atoms with Gasteiger partial charge >= 0.3 is 12.1 Å². The molecule has 2 aliphatic rings. The summed E-state index contributed by atoms with van der Waals surface area (Å²) in [7, 11) is 0. The van der Waals surface area contributed by atoms with Gasteiger partial charge in [-0.1, -0.05) is 13.0 Å². The van der Waals surface area contributed by atoms with E-state index >= 15 is 0 Å². The van der Waals surface area contributed by atoms with Gasteiger partial charge in [0.05, 0.1) is 0 Å². The molecule has 1 fully saturated rings. The van der Waals surface area contributed by atoms with Crippen LogP contribution in [0.1, 0.15) is 25.8 Å². The molecule has 1 aromatic rings. The Labute approximate surface area is 161 Å². The first-order chi connectivity index (χ1) is 13.3. The third-order valence-electron chi connectivity index (χ3n) is 4.43. The zero-order chi connectivity index (χ0) is 20.3. The summed E-state index contributed by atoms with van der Waals surface area (Å²) in [6.07, 6.45) is 0.927. The standard InChI is InChI=1S/C18H22N4O6/c1-3-6-19-16(25)20-14(23)9-22-15(24)18(2,21-17(22)26)8-11-4-5-12-13(7-11)28-10-27-12/h4-5,7H,3,6,8-10H2,1-2H3,(H,21,26)(H2,19,20,23,25)/t18-/m1/s1. The van der Waals surface area contributed by atoms with Crippen LogP contribution >= 0.6 is 0 Å². The number of fused-ring (bicyclic) bond motifs is 1. The van der Waals surface area contributed by atoms with Gasteiger partial charge < -0.3 is 20.1 Å². The zero-order valence-corrected chi connectivity index (χ0v) is 15.7. The van der Waals surface area contributed by atoms with Crippen LogP contribution in [0.5, 0.6) is 11.5 Å². The average Bonchev–Trinajstić information content (AvgIpc) is 3.18. The van der Waals surface area contributed by atoms with E-state index in [0.717, 1.165) is 10.5 Å². The molecule has 0 radical (unpaired) electrons. The van der Waals surface area contributed by atoms with Crippen LogP contribution in [0.25, 0.3) is 0 Å². The van der Waals surface area contributed by atoms with E-state index in [2.05, 4.69) is 16.0 Å². The Morgan fingerprint density at radius 1 is 1.25 bits per heavy atom. The fourth-order valence-corrected chi connectivity index (χ4v) is 3.06. The largest absolute Gasteiger partial charge is 0.454 e. The van der Waals surface area contributed by atoms with E-state index in [4.69, 9.17) is 9.47 Å². The van der Waals surface area contributed by atoms with Crippen LogP contribution in [-0.4, -0.2) is 54.2 Å². The molecular weight excluding hydrogens is 368 g/mol. The van der Waals surface area contributed by atoms with Crippen molar-refractivity contribution in [1.29, 1.82) is 0 Å². The number of imide groups is 2. The molecule has 0 unspecified atom stereocenters. The summed E-state index contributed by atoms with van der Waals surface area (Å²) in [6, 6.07) is 3.92. The summed E-state index contributed by atoms with van der Waals surface area (Å²) < 4.78 is 10.6. The van der Waals surface area contributed by atoms with Gasteiger partial charge in [-0.3, -0.25) is 19.8 Å². The Kier molecular flexibility index (Phi) is 5.39. The molecule has 6 amide bonds. The third kappa shape index (κ3) is 4.00. The highest BCUT2D eigenvalue weighted by Gasteiger charge is 2.48. The summed E-state index contributed by atoms with van der Waals surface area (Å²) in [4.78, 5) is 49.3. The van der Waals surface area contributed by atoms with Gasteiger partial charge in [0.15, 0.2) is 11.5 Å². The third-order valence-corrected chi connectivity index (χ3v) is 4.43. The van der Waals surface area contributed by atoms with Crippen molar-refractivity contribution >= 4 is 23.9 Å². The van der Waals surface area contributed by atoms with E-state index in [-0.39, 0.29) is 13.2 Å². The van der Waals surface area contributed by atoms with Crippen molar-refractivity contribution in [2.75, 3.05) is 19.9 Å². The van der Waals surface area contributed by atoms with Gasteiger partial charge in [-0.25, -0.2) is 9.59 Å². The predicted molar refractivity (Wildman–Crippen MR) is 96.8 cm³/mol. The minimum atomic E-state index is -1.21. The van der Waals surface area contributed by atoms with Gasteiger partial charge in [-0.15, -0.1) is 0 Å². The van der Waals surface area contributed by atoms with E-state index in [1.807, 2.05) is 6.92 Å². The molecule has 2 heterocycles. The van der Waals surface area contributed by atoms with Crippen LogP contribution in [-0.2, 0) is 16.0 Å². The summed E-state index contributed by atoms with van der Waals surface area (Å²) in [5.41, 5.74) is -0.444. The van der Waals surface area contributed by atoms with E-state index in [0.29, 0.717) is 24.5 Å². The molecule has 0 spiro atoms. The van der Waals surface area contributed by atoms with Gasteiger partial charge in [0.1, 0.15) is 12.1 Å². The normalized spacial score (nSPS) is 20.1.